The van der Waals surface area contributed by atoms with Crippen LogP contribution in [0.1, 0.15) is 37.5 Å². The zero-order valence-electron chi connectivity index (χ0n) is 16.3. The molecule has 152 valence electrons. The van der Waals surface area contributed by atoms with Gasteiger partial charge in [0.05, 0.1) is 24.5 Å². The van der Waals surface area contributed by atoms with E-state index < -0.39 is 17.5 Å². The van der Waals surface area contributed by atoms with E-state index in [1.807, 2.05) is 20.8 Å². The molecule has 2 heterocycles. The molecule has 1 aliphatic rings. The Balaban J connectivity index is 0.00000136. The van der Waals surface area contributed by atoms with Crippen LogP contribution in [0.15, 0.2) is 29.3 Å². The Morgan fingerprint density at radius 1 is 1.25 bits per heavy atom. The first-order valence-electron chi connectivity index (χ1n) is 8.90. The second-order valence-electron chi connectivity index (χ2n) is 6.60. The summed E-state index contributed by atoms with van der Waals surface area (Å²) in [4.78, 5) is 8.64. The van der Waals surface area contributed by atoms with Crippen LogP contribution in [0, 0.1) is 6.92 Å². The maximum atomic E-state index is 12.8. The molecule has 1 saturated heterocycles. The Bertz CT molecular complexity index is 852. The van der Waals surface area contributed by atoms with Gasteiger partial charge < -0.3 is 15.6 Å². The van der Waals surface area contributed by atoms with E-state index in [-0.39, 0.29) is 22.5 Å². The van der Waals surface area contributed by atoms with E-state index in [0.717, 1.165) is 6.07 Å². The van der Waals surface area contributed by atoms with Gasteiger partial charge in [-0.25, -0.2) is 4.98 Å². The molecule has 0 spiro atoms. The van der Waals surface area contributed by atoms with E-state index in [9.17, 15) is 18.3 Å². The Morgan fingerprint density at radius 2 is 1.89 bits per heavy atom. The number of aliphatic imine (C=N–C) groups is 1. The van der Waals surface area contributed by atoms with Crippen molar-refractivity contribution in [1.29, 1.82) is 0 Å². The first-order chi connectivity index (χ1) is 13.1. The van der Waals surface area contributed by atoms with Gasteiger partial charge in [0.25, 0.3) is 0 Å². The SMILES string of the molecule is CC.Cc1cc(C(F)(F)F)cc(O)c1-c1ccc(C=NC2(C)COC2)c(N)n1. The van der Waals surface area contributed by atoms with Crippen molar-refractivity contribution in [2.45, 2.75) is 39.4 Å². The number of aromatic hydroxyl groups is 1. The lowest BCUT2D eigenvalue weighted by atomic mass is 9.99. The fourth-order valence-electron chi connectivity index (χ4n) is 2.70. The highest BCUT2D eigenvalue weighted by Crippen LogP contribution is 2.38. The second-order valence-corrected chi connectivity index (χ2v) is 6.60. The lowest BCUT2D eigenvalue weighted by Crippen LogP contribution is -2.45. The smallest absolute Gasteiger partial charge is 0.416 e. The molecular weight excluding hydrogens is 371 g/mol. The second kappa shape index (κ2) is 8.18. The number of benzene rings is 1. The quantitative estimate of drug-likeness (QED) is 0.745. The summed E-state index contributed by atoms with van der Waals surface area (Å²) >= 11 is 0. The van der Waals surface area contributed by atoms with Crippen molar-refractivity contribution < 1.29 is 23.0 Å². The van der Waals surface area contributed by atoms with Crippen LogP contribution in [0.4, 0.5) is 19.0 Å². The maximum absolute atomic E-state index is 12.8. The van der Waals surface area contributed by atoms with Gasteiger partial charge in [-0.05, 0) is 43.7 Å². The molecule has 0 saturated carbocycles. The van der Waals surface area contributed by atoms with E-state index >= 15 is 0 Å². The van der Waals surface area contributed by atoms with Crippen LogP contribution >= 0.6 is 0 Å². The predicted molar refractivity (Wildman–Crippen MR) is 104 cm³/mol. The number of alkyl halides is 3. The first-order valence-corrected chi connectivity index (χ1v) is 8.90. The van der Waals surface area contributed by atoms with E-state index in [0.29, 0.717) is 30.5 Å². The van der Waals surface area contributed by atoms with E-state index in [2.05, 4.69) is 9.98 Å². The summed E-state index contributed by atoms with van der Waals surface area (Å²) in [5.74, 6) is -0.321. The highest BCUT2D eigenvalue weighted by molar-refractivity contribution is 5.87. The molecule has 1 fully saturated rings. The molecule has 1 aliphatic heterocycles. The molecule has 28 heavy (non-hydrogen) atoms. The maximum Gasteiger partial charge on any atom is 0.416 e. The standard InChI is InChI=1S/C18H18F3N3O2.C2H6/c1-10-5-12(18(19,20)21)6-14(25)15(10)13-4-3-11(16(22)24-13)7-23-17(2)8-26-9-17;1-2/h3-7,25H,8-9H2,1-2H3,(H2,22,24);1-2H3. The molecule has 1 aromatic carbocycles. The molecule has 0 radical (unpaired) electrons. The number of halogens is 3. The molecule has 0 atom stereocenters. The molecular formula is C20H24F3N3O2. The topological polar surface area (TPSA) is 80.7 Å². The molecule has 0 unspecified atom stereocenters. The lowest BCUT2D eigenvalue weighted by Gasteiger charge is -2.33. The number of aromatic nitrogens is 1. The van der Waals surface area contributed by atoms with Gasteiger partial charge in [-0.2, -0.15) is 13.2 Å². The van der Waals surface area contributed by atoms with Crippen molar-refractivity contribution in [2.75, 3.05) is 18.9 Å². The predicted octanol–water partition coefficient (Wildman–Crippen LogP) is 4.60. The van der Waals surface area contributed by atoms with Gasteiger partial charge in [0, 0.05) is 17.3 Å². The summed E-state index contributed by atoms with van der Waals surface area (Å²) in [5.41, 5.74) is 6.12. The van der Waals surface area contributed by atoms with Gasteiger partial charge in [-0.1, -0.05) is 13.8 Å². The van der Waals surface area contributed by atoms with E-state index in [1.54, 1.807) is 18.3 Å². The number of phenolic OH excluding ortho intramolecular Hbond substituents is 1. The van der Waals surface area contributed by atoms with Crippen LogP contribution in [-0.2, 0) is 10.9 Å². The fourth-order valence-corrected chi connectivity index (χ4v) is 2.70. The number of hydrogen-bond acceptors (Lipinski definition) is 5. The Morgan fingerprint density at radius 3 is 2.36 bits per heavy atom. The highest BCUT2D eigenvalue weighted by atomic mass is 19.4. The summed E-state index contributed by atoms with van der Waals surface area (Å²) in [6.45, 7) is 8.50. The van der Waals surface area contributed by atoms with Crippen molar-refractivity contribution >= 4 is 12.0 Å². The van der Waals surface area contributed by atoms with Crippen LogP contribution in [0.5, 0.6) is 5.75 Å². The van der Waals surface area contributed by atoms with Crippen LogP contribution in [0.25, 0.3) is 11.3 Å². The van der Waals surface area contributed by atoms with Crippen LogP contribution in [0.3, 0.4) is 0 Å². The molecule has 0 amide bonds. The summed E-state index contributed by atoms with van der Waals surface area (Å²) in [5, 5.41) is 10.1. The average Bonchev–Trinajstić information content (AvgIpc) is 2.59. The monoisotopic (exact) mass is 395 g/mol. The summed E-state index contributed by atoms with van der Waals surface area (Å²) in [7, 11) is 0. The molecule has 0 bridgehead atoms. The van der Waals surface area contributed by atoms with Gasteiger partial charge in [0.1, 0.15) is 17.1 Å². The minimum Gasteiger partial charge on any atom is -0.507 e. The number of rotatable bonds is 3. The molecule has 8 heteroatoms. The lowest BCUT2D eigenvalue weighted by molar-refractivity contribution is -0.137. The van der Waals surface area contributed by atoms with Crippen molar-refractivity contribution in [3.05, 3.63) is 41.0 Å². The third kappa shape index (κ3) is 4.62. The number of nitrogen functional groups attached to an aromatic ring is 1. The number of phenols is 1. The molecule has 2 aromatic rings. The Hall–Kier alpha value is -2.61. The minimum atomic E-state index is -4.53. The number of pyridine rings is 1. The third-order valence-corrected chi connectivity index (χ3v) is 4.20. The van der Waals surface area contributed by atoms with Gasteiger partial charge in [-0.3, -0.25) is 4.99 Å². The van der Waals surface area contributed by atoms with Gasteiger partial charge in [-0.15, -0.1) is 0 Å². The van der Waals surface area contributed by atoms with E-state index in [4.69, 9.17) is 10.5 Å². The molecule has 0 aliphatic carbocycles. The van der Waals surface area contributed by atoms with Gasteiger partial charge in [0.15, 0.2) is 0 Å². The number of anilines is 1. The van der Waals surface area contributed by atoms with Crippen LogP contribution in [0.2, 0.25) is 0 Å². The number of aryl methyl sites for hydroxylation is 1. The van der Waals surface area contributed by atoms with Crippen molar-refractivity contribution in [3.8, 4) is 17.0 Å². The highest BCUT2D eigenvalue weighted by Gasteiger charge is 2.33. The Kier molecular flexibility index (Phi) is 6.34. The zero-order valence-corrected chi connectivity index (χ0v) is 16.3. The number of hydrogen-bond donors (Lipinski definition) is 2. The minimum absolute atomic E-state index is 0.175. The summed E-state index contributed by atoms with van der Waals surface area (Å²) in [6, 6.07) is 4.92. The summed E-state index contributed by atoms with van der Waals surface area (Å²) in [6.07, 6.45) is -2.93. The van der Waals surface area contributed by atoms with Crippen molar-refractivity contribution in [2.24, 2.45) is 4.99 Å². The molecule has 3 N–H and O–H groups in total. The number of nitrogens with two attached hydrogens (primary N) is 1. The van der Waals surface area contributed by atoms with Gasteiger partial charge in [0.2, 0.25) is 0 Å². The van der Waals surface area contributed by atoms with Gasteiger partial charge >= 0.3 is 6.18 Å². The van der Waals surface area contributed by atoms with Crippen LogP contribution < -0.4 is 5.73 Å². The Labute approximate surface area is 162 Å². The number of nitrogens with zero attached hydrogens (tertiary/aromatic N) is 2. The average molecular weight is 395 g/mol. The summed E-state index contributed by atoms with van der Waals surface area (Å²) < 4.78 is 43.7. The van der Waals surface area contributed by atoms with Crippen molar-refractivity contribution in [1.82, 2.24) is 4.98 Å². The molecule has 5 nitrogen and oxygen atoms in total. The fraction of sp³-hybridized carbons (Fsp3) is 0.400. The zero-order chi connectivity index (χ0) is 21.1. The first kappa shape index (κ1) is 21.7. The van der Waals surface area contributed by atoms with Crippen LogP contribution in [-0.4, -0.2) is 35.1 Å². The van der Waals surface area contributed by atoms with E-state index in [1.165, 1.54) is 6.92 Å². The normalized spacial score (nSPS) is 15.7. The number of ether oxygens (including phenoxy) is 1. The third-order valence-electron chi connectivity index (χ3n) is 4.20. The van der Waals surface area contributed by atoms with Crippen molar-refractivity contribution in [3.63, 3.8) is 0 Å². The molecule has 3 rings (SSSR count). The molecule has 1 aromatic heterocycles. The largest absolute Gasteiger partial charge is 0.507 e.